The summed E-state index contributed by atoms with van der Waals surface area (Å²) in [5.41, 5.74) is 11.9. The third-order valence-corrected chi connectivity index (χ3v) is 8.76. The van der Waals surface area contributed by atoms with Gasteiger partial charge in [0, 0.05) is 25.1 Å². The number of aliphatic imine (C=N–C) groups is 2. The van der Waals surface area contributed by atoms with Crippen molar-refractivity contribution in [3.05, 3.63) is 23.2 Å². The molecule has 3 rings (SSSR count). The minimum absolute atomic E-state index is 0.0488. The van der Waals surface area contributed by atoms with E-state index in [0.717, 1.165) is 4.70 Å². The number of carbonyl (C=O) groups is 5. The van der Waals surface area contributed by atoms with Crippen LogP contribution < -0.4 is 32.7 Å². The highest BCUT2D eigenvalue weighted by Crippen LogP contribution is 2.31. The molecule has 18 nitrogen and oxygen atoms in total. The molecule has 2 atom stereocenters. The highest BCUT2D eigenvalue weighted by Gasteiger charge is 2.27. The maximum absolute atomic E-state index is 13.3. The van der Waals surface area contributed by atoms with E-state index >= 15 is 0 Å². The smallest absolute Gasteiger partial charge is 0.329 e. The zero-order valence-electron chi connectivity index (χ0n) is 26.9. The first-order chi connectivity index (χ1) is 23.5. The number of nitrogens with zero attached hydrogens (tertiary/aromatic N) is 3. The summed E-state index contributed by atoms with van der Waals surface area (Å²) in [6.45, 7) is 0.624. The van der Waals surface area contributed by atoms with Gasteiger partial charge in [0.2, 0.25) is 23.6 Å². The van der Waals surface area contributed by atoms with E-state index in [9.17, 15) is 29.1 Å². The number of carboxylic acid groups (broad SMARTS) is 1. The summed E-state index contributed by atoms with van der Waals surface area (Å²) in [6, 6.07) is 3.36. The van der Waals surface area contributed by atoms with Gasteiger partial charge in [-0.2, -0.15) is 0 Å². The van der Waals surface area contributed by atoms with Crippen LogP contribution in [-0.2, 0) is 38.2 Å². The van der Waals surface area contributed by atoms with Gasteiger partial charge in [0.15, 0.2) is 12.0 Å². The van der Waals surface area contributed by atoms with Crippen molar-refractivity contribution in [3.8, 4) is 0 Å². The lowest BCUT2D eigenvalue weighted by molar-refractivity contribution is -0.137. The monoisotopic (exact) mass is 723 g/mol. The molecule has 2 unspecified atom stereocenters. The highest BCUT2D eigenvalue weighted by atomic mass is 32.2. The molecule has 0 radical (unpaired) electrons. The topological polar surface area (TPSA) is 271 Å². The number of hydrogen-bond acceptors (Lipinski definition) is 13. The number of fused-ring (bicyclic) bond motifs is 1. The Bertz CT molecular complexity index is 1520. The Balaban J connectivity index is 1.51. The number of thiazole rings is 1. The van der Waals surface area contributed by atoms with Crippen molar-refractivity contribution >= 4 is 79.6 Å². The van der Waals surface area contributed by atoms with E-state index in [1.807, 2.05) is 0 Å². The number of methoxy groups -OCH3 is 1. The minimum atomic E-state index is -0.990. The van der Waals surface area contributed by atoms with Gasteiger partial charge in [-0.05, 0) is 37.5 Å². The van der Waals surface area contributed by atoms with Crippen LogP contribution in [0.3, 0.4) is 0 Å². The molecule has 1 aromatic heterocycles. The number of aromatic nitrogens is 1. The summed E-state index contributed by atoms with van der Waals surface area (Å²) in [7, 11) is 1.56. The summed E-state index contributed by atoms with van der Waals surface area (Å²) < 4.78 is 16.0. The number of carboxylic acids is 1. The van der Waals surface area contributed by atoms with Crippen molar-refractivity contribution in [3.63, 3.8) is 0 Å². The van der Waals surface area contributed by atoms with Crippen molar-refractivity contribution in [2.45, 2.75) is 31.3 Å². The Morgan fingerprint density at radius 3 is 2.49 bits per heavy atom. The molecule has 1 aliphatic rings. The zero-order valence-corrected chi connectivity index (χ0v) is 28.5. The quantitative estimate of drug-likeness (QED) is 0.0438. The lowest BCUT2D eigenvalue weighted by atomic mass is 10.1. The Kier molecular flexibility index (Phi) is 16.6. The summed E-state index contributed by atoms with van der Waals surface area (Å²) in [5.74, 6) is -2.92. The average molecular weight is 724 g/mol. The number of ether oxygens (including phenoxy) is 3. The lowest BCUT2D eigenvalue weighted by Gasteiger charge is -2.19. The predicted molar refractivity (Wildman–Crippen MR) is 185 cm³/mol. The first kappa shape index (κ1) is 39.1. The first-order valence-electron chi connectivity index (χ1n) is 15.2. The van der Waals surface area contributed by atoms with Gasteiger partial charge < -0.3 is 52.1 Å². The van der Waals surface area contributed by atoms with E-state index in [0.29, 0.717) is 59.6 Å². The number of aliphatic carboxylic acids is 1. The number of guanidine groups is 1. The van der Waals surface area contributed by atoms with E-state index in [4.69, 9.17) is 25.7 Å². The van der Waals surface area contributed by atoms with E-state index in [1.54, 1.807) is 25.3 Å². The molecule has 4 amide bonds. The van der Waals surface area contributed by atoms with Crippen molar-refractivity contribution < 1.29 is 43.3 Å². The van der Waals surface area contributed by atoms with Gasteiger partial charge in [0.25, 0.3) is 0 Å². The second kappa shape index (κ2) is 20.9. The number of amides is 4. The number of hydrogen-bond donors (Lipinski definition) is 7. The van der Waals surface area contributed by atoms with Crippen LogP contribution in [0.5, 0.6) is 0 Å². The van der Waals surface area contributed by atoms with Gasteiger partial charge in [-0.15, -0.1) is 23.1 Å². The molecular formula is C29H41N9O9S2. The molecule has 20 heteroatoms. The molecule has 0 fully saturated rings. The molecule has 2 aromatic rings. The summed E-state index contributed by atoms with van der Waals surface area (Å²) >= 11 is 2.65. The molecule has 9 N–H and O–H groups in total. The number of thioether (sulfide) groups is 1. The number of anilines is 1. The van der Waals surface area contributed by atoms with Crippen molar-refractivity contribution in [2.24, 2.45) is 21.5 Å². The van der Waals surface area contributed by atoms with E-state index in [2.05, 4.69) is 36.2 Å². The second-order valence-electron chi connectivity index (χ2n) is 10.4. The predicted octanol–water partition coefficient (Wildman–Crippen LogP) is -0.978. The third-order valence-electron chi connectivity index (χ3n) is 6.55. The van der Waals surface area contributed by atoms with Crippen LogP contribution in [0.1, 0.15) is 24.3 Å². The molecule has 2 heterocycles. The minimum Gasteiger partial charge on any atom is -0.480 e. The number of unbranched alkanes of at least 4 members (excludes halogenated alkanes) is 1. The molecule has 1 aliphatic heterocycles. The Morgan fingerprint density at radius 2 is 1.76 bits per heavy atom. The fourth-order valence-electron chi connectivity index (χ4n) is 4.12. The molecule has 0 spiro atoms. The maximum atomic E-state index is 13.3. The van der Waals surface area contributed by atoms with Crippen LogP contribution in [0.4, 0.5) is 5.69 Å². The normalized spacial score (nSPS) is 14.5. The average Bonchev–Trinajstić information content (AvgIpc) is 3.73. The summed E-state index contributed by atoms with van der Waals surface area (Å²) in [5, 5.41) is 20.6. The van der Waals surface area contributed by atoms with Crippen LogP contribution in [0, 0.1) is 0 Å². The van der Waals surface area contributed by atoms with Crippen LogP contribution in [0.2, 0.25) is 0 Å². The van der Waals surface area contributed by atoms with Gasteiger partial charge >= 0.3 is 5.97 Å². The highest BCUT2D eigenvalue weighted by molar-refractivity contribution is 8.15. The number of benzene rings is 1. The molecule has 268 valence electrons. The van der Waals surface area contributed by atoms with Crippen LogP contribution >= 0.6 is 23.1 Å². The molecule has 49 heavy (non-hydrogen) atoms. The lowest BCUT2D eigenvalue weighted by Crippen LogP contribution is -2.48. The largest absolute Gasteiger partial charge is 0.480 e. The number of nitrogens with one attached hydrogen (secondary N) is 4. The van der Waals surface area contributed by atoms with Gasteiger partial charge in [0.1, 0.15) is 22.7 Å². The van der Waals surface area contributed by atoms with Crippen LogP contribution in [0.25, 0.3) is 10.2 Å². The van der Waals surface area contributed by atoms with Crippen LogP contribution in [-0.4, -0.2) is 128 Å². The number of carbonyl (C=O) groups excluding carboxylic acids is 4. The molecule has 1 aromatic carbocycles. The third kappa shape index (κ3) is 14.3. The van der Waals surface area contributed by atoms with E-state index in [-0.39, 0.29) is 38.7 Å². The molecule has 0 bridgehead atoms. The summed E-state index contributed by atoms with van der Waals surface area (Å²) in [6.07, 6.45) is 1.32. The SMILES string of the molecule is COCCOCCOCC(=O)NCC(=O)NCC(=O)NC(CCCCN=C(N)N)C(=O)Nc1ccc2nc(C3=NC(C(=O)O)CS3)sc2c1. The van der Waals surface area contributed by atoms with Gasteiger partial charge in [-0.3, -0.25) is 29.2 Å². The standard InChI is InChI=1S/C29H41N9O9S2/c1-45-8-9-46-10-11-47-15-24(41)34-13-22(39)33-14-23(40)36-19(4-2-3-7-32-29(30)31)25(42)35-17-5-6-18-21(12-17)49-27(37-18)26-38-20(16-48-26)28(43)44/h5-6,12,19-20H,2-4,7-11,13-16H2,1H3,(H,33,39)(H,34,41)(H,35,42)(H,36,40)(H,43,44)(H4,30,31,32). The van der Waals surface area contributed by atoms with Crippen molar-refractivity contribution in [2.75, 3.05) is 70.8 Å². The fourth-order valence-corrected chi connectivity index (χ4v) is 6.22. The maximum Gasteiger partial charge on any atom is 0.329 e. The zero-order chi connectivity index (χ0) is 35.6. The second-order valence-corrected chi connectivity index (χ2v) is 12.5. The number of rotatable bonds is 22. The van der Waals surface area contributed by atoms with Crippen molar-refractivity contribution in [1.29, 1.82) is 0 Å². The molecule has 0 saturated carbocycles. The fraction of sp³-hybridized carbons (Fsp3) is 0.517. The van der Waals surface area contributed by atoms with Gasteiger partial charge in [-0.1, -0.05) is 0 Å². The molecule has 0 saturated heterocycles. The Hall–Kier alpha value is -4.37. The van der Waals surface area contributed by atoms with Crippen molar-refractivity contribution in [1.82, 2.24) is 20.9 Å². The van der Waals surface area contributed by atoms with Gasteiger partial charge in [0.05, 0.1) is 49.7 Å². The number of nitrogens with two attached hydrogens (primary N) is 2. The Labute approximate surface area is 290 Å². The van der Waals surface area contributed by atoms with E-state index in [1.165, 1.54) is 23.1 Å². The van der Waals surface area contributed by atoms with Gasteiger partial charge in [-0.25, -0.2) is 9.78 Å². The first-order valence-corrected chi connectivity index (χ1v) is 17.0. The summed E-state index contributed by atoms with van der Waals surface area (Å²) in [4.78, 5) is 74.1. The molecule has 0 aliphatic carbocycles. The van der Waals surface area contributed by atoms with Crippen LogP contribution in [0.15, 0.2) is 28.2 Å². The Morgan fingerprint density at radius 1 is 1.02 bits per heavy atom. The molecular weight excluding hydrogens is 683 g/mol. The van der Waals surface area contributed by atoms with E-state index < -0.39 is 48.2 Å².